The van der Waals surface area contributed by atoms with Crippen molar-refractivity contribution in [2.24, 2.45) is 0 Å². The number of nitro groups is 1. The Kier molecular flexibility index (Phi) is 8.21. The van der Waals surface area contributed by atoms with Gasteiger partial charge in [0, 0.05) is 12.1 Å². The fourth-order valence-electron chi connectivity index (χ4n) is 2.64. The van der Waals surface area contributed by atoms with Crippen molar-refractivity contribution in [2.45, 2.75) is 19.6 Å². The second-order valence-corrected chi connectivity index (χ2v) is 9.28. The third-order valence-electron chi connectivity index (χ3n) is 4.24. The molecule has 172 valence electrons. The Morgan fingerprint density at radius 3 is 2.30 bits per heavy atom. The van der Waals surface area contributed by atoms with E-state index in [2.05, 4.69) is 21.0 Å². The van der Waals surface area contributed by atoms with Gasteiger partial charge in [-0.05, 0) is 46.6 Å². The summed E-state index contributed by atoms with van der Waals surface area (Å²) in [5, 5.41) is 13.5. The Labute approximate surface area is 198 Å². The van der Waals surface area contributed by atoms with Gasteiger partial charge in [-0.1, -0.05) is 48.5 Å². The van der Waals surface area contributed by atoms with Crippen LogP contribution in [0, 0.1) is 10.1 Å². The molecule has 3 aromatic carbocycles. The first-order chi connectivity index (χ1) is 15.8. The average Bonchev–Trinajstić information content (AvgIpc) is 2.79. The summed E-state index contributed by atoms with van der Waals surface area (Å²) in [5.74, 6) is -0.407. The normalized spacial score (nSPS) is 13.4. The number of carbonyl (C=O) groups is 1. The quantitative estimate of drug-likeness (QED) is 0.153. The molecule has 0 aliphatic heterocycles. The first-order valence-corrected chi connectivity index (χ1v) is 12.1. The minimum Gasteiger partial charge on any atom is -0.460 e. The Morgan fingerprint density at radius 2 is 1.70 bits per heavy atom. The van der Waals surface area contributed by atoms with E-state index < -0.39 is 24.7 Å². The number of esters is 1. The van der Waals surface area contributed by atoms with Crippen LogP contribution in [0.25, 0.3) is 0 Å². The highest BCUT2D eigenvalue weighted by Crippen LogP contribution is 2.47. The van der Waals surface area contributed by atoms with Gasteiger partial charge in [0.15, 0.2) is 0 Å². The lowest BCUT2D eigenvalue weighted by atomic mass is 10.2. The maximum Gasteiger partial charge on any atom is 0.513 e. The fraction of sp³-hybridized carbons (Fsp3) is 0.136. The van der Waals surface area contributed by atoms with Crippen molar-refractivity contribution < 1.29 is 28.1 Å². The fourth-order valence-corrected chi connectivity index (χ4v) is 4.75. The van der Waals surface area contributed by atoms with Crippen LogP contribution in [0.3, 0.4) is 0 Å². The lowest BCUT2D eigenvalue weighted by molar-refractivity contribution is -0.384. The molecule has 0 heterocycles. The van der Waals surface area contributed by atoms with Crippen LogP contribution in [0.4, 0.5) is 5.69 Å². The standard InChI is InChI=1S/C22H20BrN2O7P/c1-16(22(26)30-15-17-8-4-2-5-9-17)24-33(29,31-19-10-6-3-7-11-19)32-21-13-12-18(25(27)28)14-20(21)23/h2-14,16H,15H2,1H3,(H,24,29)/t16-,33?/m0/s1. The number of nitro benzene ring substituents is 1. The molecular formula is C22H20BrN2O7P. The Morgan fingerprint density at radius 1 is 1.06 bits per heavy atom. The molecule has 0 radical (unpaired) electrons. The predicted molar refractivity (Wildman–Crippen MR) is 125 cm³/mol. The van der Waals surface area contributed by atoms with Gasteiger partial charge in [0.2, 0.25) is 0 Å². The Hall–Kier alpha value is -3.20. The van der Waals surface area contributed by atoms with E-state index in [4.69, 9.17) is 13.8 Å². The average molecular weight is 535 g/mol. The van der Waals surface area contributed by atoms with Crippen molar-refractivity contribution in [3.8, 4) is 11.5 Å². The number of para-hydroxylation sites is 1. The van der Waals surface area contributed by atoms with E-state index in [1.54, 1.807) is 30.3 Å². The molecule has 0 fully saturated rings. The van der Waals surface area contributed by atoms with Gasteiger partial charge in [-0.3, -0.25) is 14.9 Å². The molecule has 11 heteroatoms. The molecule has 0 aliphatic rings. The van der Waals surface area contributed by atoms with Crippen LogP contribution < -0.4 is 14.1 Å². The van der Waals surface area contributed by atoms with Crippen molar-refractivity contribution in [3.05, 3.63) is 99.0 Å². The molecule has 2 atom stereocenters. The van der Waals surface area contributed by atoms with E-state index in [1.807, 2.05) is 30.3 Å². The number of ether oxygens (including phenoxy) is 1. The molecular weight excluding hydrogens is 515 g/mol. The predicted octanol–water partition coefficient (Wildman–Crippen LogP) is 5.64. The molecule has 0 amide bonds. The van der Waals surface area contributed by atoms with Crippen LogP contribution >= 0.6 is 23.7 Å². The van der Waals surface area contributed by atoms with Crippen molar-refractivity contribution >= 4 is 35.3 Å². The van der Waals surface area contributed by atoms with Crippen LogP contribution in [0.2, 0.25) is 0 Å². The number of hydrogen-bond acceptors (Lipinski definition) is 7. The minimum absolute atomic E-state index is 0.0252. The van der Waals surface area contributed by atoms with Crippen LogP contribution in [0.15, 0.2) is 83.3 Å². The summed E-state index contributed by atoms with van der Waals surface area (Å²) < 4.78 is 30.2. The van der Waals surface area contributed by atoms with E-state index >= 15 is 0 Å². The number of nitrogens with one attached hydrogen (secondary N) is 1. The van der Waals surface area contributed by atoms with Gasteiger partial charge in [-0.15, -0.1) is 0 Å². The van der Waals surface area contributed by atoms with Crippen LogP contribution in [0.1, 0.15) is 12.5 Å². The molecule has 0 aliphatic carbocycles. The molecule has 1 N–H and O–H groups in total. The van der Waals surface area contributed by atoms with Gasteiger partial charge < -0.3 is 13.8 Å². The SMILES string of the molecule is C[C@H](NP(=O)(Oc1ccccc1)Oc1ccc([N+](=O)[O-])cc1Br)C(=O)OCc1ccccc1. The van der Waals surface area contributed by atoms with Crippen molar-refractivity contribution in [2.75, 3.05) is 0 Å². The smallest absolute Gasteiger partial charge is 0.460 e. The zero-order valence-electron chi connectivity index (χ0n) is 17.4. The lowest BCUT2D eigenvalue weighted by Crippen LogP contribution is -2.35. The van der Waals surface area contributed by atoms with Crippen LogP contribution in [-0.2, 0) is 20.7 Å². The van der Waals surface area contributed by atoms with Gasteiger partial charge in [0.05, 0.1) is 9.40 Å². The highest BCUT2D eigenvalue weighted by Gasteiger charge is 2.34. The monoisotopic (exact) mass is 534 g/mol. The van der Waals surface area contributed by atoms with Gasteiger partial charge in [-0.2, -0.15) is 5.09 Å². The molecule has 3 rings (SSSR count). The van der Waals surface area contributed by atoms with Crippen molar-refractivity contribution in [1.82, 2.24) is 5.09 Å². The number of benzene rings is 3. The third kappa shape index (κ3) is 7.15. The summed E-state index contributed by atoms with van der Waals surface area (Å²) in [5.41, 5.74) is 0.617. The maximum absolute atomic E-state index is 13.6. The van der Waals surface area contributed by atoms with Crippen LogP contribution in [0.5, 0.6) is 11.5 Å². The molecule has 0 saturated heterocycles. The number of non-ortho nitro benzene ring substituents is 1. The summed E-state index contributed by atoms with van der Waals surface area (Å²) in [6.45, 7) is 1.51. The van der Waals surface area contributed by atoms with Crippen molar-refractivity contribution in [1.29, 1.82) is 0 Å². The van der Waals surface area contributed by atoms with E-state index in [9.17, 15) is 19.5 Å². The largest absolute Gasteiger partial charge is 0.513 e. The molecule has 0 aromatic heterocycles. The summed E-state index contributed by atoms with van der Waals surface area (Å²) in [6, 6.07) is 20.0. The Bertz CT molecular complexity index is 1160. The van der Waals surface area contributed by atoms with E-state index in [-0.39, 0.29) is 28.3 Å². The highest BCUT2D eigenvalue weighted by molar-refractivity contribution is 9.10. The summed E-state index contributed by atoms with van der Waals surface area (Å²) >= 11 is 3.17. The number of nitrogens with zero attached hydrogens (tertiary/aromatic N) is 1. The molecule has 0 bridgehead atoms. The molecule has 1 unspecified atom stereocenters. The summed E-state index contributed by atoms with van der Waals surface area (Å²) in [6.07, 6.45) is 0. The van der Waals surface area contributed by atoms with E-state index in [0.29, 0.717) is 0 Å². The van der Waals surface area contributed by atoms with Crippen molar-refractivity contribution in [3.63, 3.8) is 0 Å². The number of halogens is 1. The second kappa shape index (κ2) is 11.1. The highest BCUT2D eigenvalue weighted by atomic mass is 79.9. The first kappa shape index (κ1) is 24.4. The first-order valence-electron chi connectivity index (χ1n) is 9.72. The summed E-state index contributed by atoms with van der Waals surface area (Å²) in [7, 11) is -4.19. The molecule has 0 spiro atoms. The zero-order valence-corrected chi connectivity index (χ0v) is 19.9. The minimum atomic E-state index is -4.19. The topological polar surface area (TPSA) is 117 Å². The lowest BCUT2D eigenvalue weighted by Gasteiger charge is -2.23. The number of hydrogen-bond donors (Lipinski definition) is 1. The van der Waals surface area contributed by atoms with E-state index in [1.165, 1.54) is 25.1 Å². The van der Waals surface area contributed by atoms with Gasteiger partial charge >= 0.3 is 13.7 Å². The maximum atomic E-state index is 13.6. The van der Waals surface area contributed by atoms with Gasteiger partial charge in [0.25, 0.3) is 5.69 Å². The van der Waals surface area contributed by atoms with E-state index in [0.717, 1.165) is 5.56 Å². The third-order valence-corrected chi connectivity index (χ3v) is 6.45. The van der Waals surface area contributed by atoms with Gasteiger partial charge in [-0.25, -0.2) is 4.57 Å². The second-order valence-electron chi connectivity index (χ2n) is 6.81. The number of carbonyl (C=O) groups excluding carboxylic acids is 1. The summed E-state index contributed by atoms with van der Waals surface area (Å²) in [4.78, 5) is 22.9. The molecule has 3 aromatic rings. The molecule has 33 heavy (non-hydrogen) atoms. The Balaban J connectivity index is 1.77. The number of rotatable bonds is 10. The van der Waals surface area contributed by atoms with Crippen LogP contribution in [-0.4, -0.2) is 16.9 Å². The molecule has 9 nitrogen and oxygen atoms in total. The zero-order chi connectivity index (χ0) is 23.8. The van der Waals surface area contributed by atoms with Gasteiger partial charge in [0.1, 0.15) is 24.1 Å². The molecule has 0 saturated carbocycles.